The molecule has 0 aliphatic heterocycles. The number of rotatable bonds is 41. The third-order valence-electron chi connectivity index (χ3n) is 1.18. The second kappa shape index (κ2) is 57.7. The molecule has 44 heavy (non-hydrogen) atoms. The molecule has 0 rings (SSSR count). The Hall–Kier alpha value is 14.7. The van der Waals surface area contributed by atoms with Gasteiger partial charge >= 0.3 is 0 Å². The molecule has 43 heteroatoms. The molecule has 0 aromatic rings. The lowest BCUT2D eigenvalue weighted by Gasteiger charge is -1.99. The van der Waals surface area contributed by atoms with Gasteiger partial charge in [0.1, 0.15) is 0 Å². The minimum Gasteiger partial charge on any atom is -0.308 e. The van der Waals surface area contributed by atoms with Crippen molar-refractivity contribution in [2.75, 3.05) is 7.11 Å². The maximum atomic E-state index is 4.91. The van der Waals surface area contributed by atoms with Crippen LogP contribution in [-0.4, -0.2) is 7.11 Å². The zero-order valence-corrected chi connectivity index (χ0v) is 53.0. The van der Waals surface area contributed by atoms with Crippen molar-refractivity contribution in [3.63, 3.8) is 0 Å². The third-order valence-corrected chi connectivity index (χ3v) is 89.3. The predicted octanol–water partition coefficient (Wildman–Crippen LogP) is 27.1. The smallest absolute Gasteiger partial charge is 0.0746 e. The van der Waals surface area contributed by atoms with Crippen LogP contribution in [0.5, 0.6) is 0 Å². The van der Waals surface area contributed by atoms with E-state index in [2.05, 4.69) is 11.7 Å². The highest BCUT2D eigenvalue weighted by molar-refractivity contribution is 9.62. The first kappa shape index (κ1) is 58.7. The second-order valence-electron chi connectivity index (χ2n) is 2.96. The first-order chi connectivity index (χ1) is 21.9. The van der Waals surface area contributed by atoms with E-state index >= 15 is 0 Å². The molecule has 0 amide bonds. The summed E-state index contributed by atoms with van der Waals surface area (Å²) in [4.78, 5) is 0. The fraction of sp³-hybridized carbons (Fsp3) is 1.00. The van der Waals surface area contributed by atoms with E-state index in [1.165, 1.54) is 20.9 Å². The van der Waals surface area contributed by atoms with Gasteiger partial charge in [-0.25, -0.2) is 0 Å². The number of hydrogen-bond donors (Lipinski definition) is 1. The largest absolute Gasteiger partial charge is 0.308 e. The van der Waals surface area contributed by atoms with Crippen molar-refractivity contribution in [3.05, 3.63) is 0 Å². The van der Waals surface area contributed by atoms with Crippen LogP contribution in [0.25, 0.3) is 0 Å². The van der Waals surface area contributed by atoms with E-state index in [1.807, 2.05) is 275 Å². The lowest BCUT2D eigenvalue weighted by Crippen LogP contribution is -1.51. The Balaban J connectivity index is 3.03. The van der Waals surface area contributed by atoms with Crippen molar-refractivity contribution in [2.45, 2.75) is 0 Å². The molecule has 0 fully saturated rings. The Kier molecular flexibility index (Phi) is 76.9. The van der Waals surface area contributed by atoms with Crippen LogP contribution in [0.1, 0.15) is 0 Å². The molecule has 0 radical (unpaired) electrons. The summed E-state index contributed by atoms with van der Waals surface area (Å²) >= 11 is 5.48. The van der Waals surface area contributed by atoms with E-state index < -0.39 is 0 Å². The zero-order valence-electron chi connectivity index (χ0n) is 18.6. The van der Waals surface area contributed by atoms with Crippen LogP contribution < -0.4 is 0 Å². The van der Waals surface area contributed by atoms with E-state index in [0.717, 1.165) is 0 Å². The van der Waals surface area contributed by atoms with Gasteiger partial charge in [-0.1, -0.05) is 11.7 Å². The minimum absolute atomic E-state index is 1.40. The van der Waals surface area contributed by atoms with Crippen molar-refractivity contribution in [1.29, 1.82) is 0 Å². The van der Waals surface area contributed by atoms with Gasteiger partial charge in [0.25, 0.3) is 0 Å². The van der Waals surface area contributed by atoms with Crippen molar-refractivity contribution in [1.82, 2.24) is 0 Å². The molecule has 0 saturated carbocycles. The molecule has 0 aliphatic carbocycles. The number of hydrogen-bond acceptors (Lipinski definition) is 43. The summed E-state index contributed by atoms with van der Waals surface area (Å²) < 4.78 is 4.91. The summed E-state index contributed by atoms with van der Waals surface area (Å²) in [6, 6.07) is 0. The van der Waals surface area contributed by atoms with Gasteiger partial charge < -0.3 is 4.18 Å². The average Bonchev–Trinajstić information content (AvgIpc) is 3.04. The molecule has 0 heterocycles. The van der Waals surface area contributed by atoms with Gasteiger partial charge in [-0.15, -0.1) is 0 Å². The standard InChI is InChI=1S/CH4OS42/c1-2-4-6-8-10-12-14-16-18-20-22-24-26-28-30-32-34-36-38-40-42-44-43-41-39-37-35-33-31-29-27-25-23-21-19-17-15-13-11-9-7-5-3/h3H,1H3. The Morgan fingerprint density at radius 2 is 0.364 bits per heavy atom. The van der Waals surface area contributed by atoms with E-state index in [4.69, 9.17) is 4.18 Å². The fourth-order valence-electron chi connectivity index (χ4n) is 0.471. The summed E-state index contributed by atoms with van der Waals surface area (Å²) in [5.74, 6) is 0. The molecule has 0 aliphatic rings. The maximum absolute atomic E-state index is 4.91. The summed E-state index contributed by atoms with van der Waals surface area (Å²) in [5.41, 5.74) is 0. The van der Waals surface area contributed by atoms with Crippen LogP contribution in [0.15, 0.2) is 0 Å². The predicted molar refractivity (Wildman–Crippen MR) is 327 cm³/mol. The van der Waals surface area contributed by atoms with Crippen molar-refractivity contribution < 1.29 is 4.18 Å². The van der Waals surface area contributed by atoms with Crippen molar-refractivity contribution in [3.8, 4) is 0 Å². The Morgan fingerprint density at radius 3 is 0.500 bits per heavy atom. The van der Waals surface area contributed by atoms with Gasteiger partial charge in [-0.05, 0) is 78.6 Å². The molecule has 1 nitrogen and oxygen atoms in total. The van der Waals surface area contributed by atoms with Crippen LogP contribution >= 0.6 is 416 Å². The molecule has 0 saturated heterocycles. The van der Waals surface area contributed by atoms with Gasteiger partial charge in [0, 0.05) is 314 Å². The van der Waals surface area contributed by atoms with E-state index in [1.54, 1.807) is 115 Å². The highest BCUT2D eigenvalue weighted by Gasteiger charge is 2.03. The van der Waals surface area contributed by atoms with Gasteiger partial charge in [0.15, 0.2) is 0 Å². The normalized spacial score (nSPS) is 11.6. The van der Waals surface area contributed by atoms with Crippen LogP contribution in [0.2, 0.25) is 0 Å². The summed E-state index contributed by atoms with van der Waals surface area (Å²) in [5, 5.41) is 0. The van der Waals surface area contributed by atoms with E-state index in [9.17, 15) is 0 Å². The quantitative estimate of drug-likeness (QED) is 0.0269. The SMILES string of the molecule is COSSSSSSSSSSSSSSSSSSSSSSSSSSSSSSSSSSSSSSSSSS. The summed E-state index contributed by atoms with van der Waals surface area (Å²) in [6.07, 6.45) is 0. The maximum Gasteiger partial charge on any atom is 0.0746 e. The van der Waals surface area contributed by atoms with Gasteiger partial charge in [-0.2, -0.15) is 0 Å². The van der Waals surface area contributed by atoms with Crippen LogP contribution in [0.3, 0.4) is 0 Å². The molecule has 0 aromatic carbocycles. The molecule has 0 aromatic heterocycles. The Labute approximate surface area is 416 Å². The third kappa shape index (κ3) is 56.7. The first-order valence-electron chi connectivity index (χ1n) is 7.42. The summed E-state index contributed by atoms with van der Waals surface area (Å²) in [7, 11) is 73.5. The summed E-state index contributed by atoms with van der Waals surface area (Å²) in [6.45, 7) is 0. The molecule has 0 unspecified atom stereocenters. The van der Waals surface area contributed by atoms with Crippen LogP contribution in [0.4, 0.5) is 0 Å². The van der Waals surface area contributed by atoms with E-state index in [0.29, 0.717) is 0 Å². The molecular formula is CH4OS42. The van der Waals surface area contributed by atoms with Crippen LogP contribution in [0, 0.1) is 0 Å². The van der Waals surface area contributed by atoms with Crippen molar-refractivity contribution >= 4 is 416 Å². The molecule has 0 spiro atoms. The van der Waals surface area contributed by atoms with Gasteiger partial charge in [-0.3, -0.25) is 0 Å². The second-order valence-corrected chi connectivity index (χ2v) is 74.8. The van der Waals surface area contributed by atoms with Crippen LogP contribution in [-0.2, 0) is 4.18 Å². The monoisotopic (exact) mass is 1370 g/mol. The Bertz CT molecular complexity index is 425. The lowest BCUT2D eigenvalue weighted by molar-refractivity contribution is 0.498. The molecule has 0 atom stereocenters. The molecule has 0 N–H and O–H groups in total. The fourth-order valence-corrected chi connectivity index (χ4v) is 107. The molecule has 0 bridgehead atoms. The topological polar surface area (TPSA) is 9.23 Å². The highest BCUT2D eigenvalue weighted by atomic mass is 34.1. The lowest BCUT2D eigenvalue weighted by atomic mass is 11.8. The number of thiol groups is 1. The van der Waals surface area contributed by atoms with Crippen molar-refractivity contribution in [2.24, 2.45) is 0 Å². The zero-order chi connectivity index (χ0) is 31.7. The van der Waals surface area contributed by atoms with Gasteiger partial charge in [0.05, 0.1) is 18.2 Å². The molecule has 266 valence electrons. The first-order valence-corrected chi connectivity index (χ1v) is 62.6. The average molecular weight is 1380 g/mol. The molecular weight excluding hydrogens is 1370 g/mol. The minimum atomic E-state index is 1.40. The van der Waals surface area contributed by atoms with Gasteiger partial charge in [0.2, 0.25) is 0 Å². The van der Waals surface area contributed by atoms with E-state index in [-0.39, 0.29) is 0 Å². The Morgan fingerprint density at radius 1 is 0.227 bits per heavy atom. The highest BCUT2D eigenvalue weighted by Crippen LogP contribution is 2.68.